The summed E-state index contributed by atoms with van der Waals surface area (Å²) in [6.45, 7) is 1.89. The normalized spacial score (nSPS) is 13.9. The molecule has 0 fully saturated rings. The van der Waals surface area contributed by atoms with Crippen LogP contribution in [0.3, 0.4) is 0 Å². The van der Waals surface area contributed by atoms with Crippen LogP contribution in [0.25, 0.3) is 0 Å². The third kappa shape index (κ3) is 5.25. The van der Waals surface area contributed by atoms with Crippen molar-refractivity contribution < 1.29 is 9.47 Å². The van der Waals surface area contributed by atoms with Crippen molar-refractivity contribution in [3.63, 3.8) is 0 Å². The number of aliphatic imine (C=N–C) groups is 1. The van der Waals surface area contributed by atoms with Gasteiger partial charge >= 0.3 is 0 Å². The van der Waals surface area contributed by atoms with E-state index in [1.165, 1.54) is 0 Å². The minimum absolute atomic E-state index is 0. The molecule has 8 heteroatoms. The highest BCUT2D eigenvalue weighted by Gasteiger charge is 2.10. The number of ether oxygens (including phenoxy) is 2. The number of halogens is 2. The van der Waals surface area contributed by atoms with Crippen molar-refractivity contribution in [3.05, 3.63) is 39.0 Å². The Morgan fingerprint density at radius 3 is 2.78 bits per heavy atom. The van der Waals surface area contributed by atoms with Crippen molar-refractivity contribution in [2.75, 3.05) is 18.5 Å². The van der Waals surface area contributed by atoms with Crippen LogP contribution in [-0.2, 0) is 6.54 Å². The molecule has 0 amide bonds. The number of anilines is 1. The predicted octanol–water partition coefficient (Wildman–Crippen LogP) is 4.22. The fraction of sp³-hybridized carbons (Fsp3) is 0.267. The van der Waals surface area contributed by atoms with E-state index >= 15 is 0 Å². The van der Waals surface area contributed by atoms with Gasteiger partial charge in [0, 0.05) is 18.2 Å². The van der Waals surface area contributed by atoms with Crippen LogP contribution in [0, 0.1) is 0 Å². The van der Waals surface area contributed by atoms with Crippen molar-refractivity contribution in [3.8, 4) is 11.5 Å². The van der Waals surface area contributed by atoms with Gasteiger partial charge < -0.3 is 20.5 Å². The highest BCUT2D eigenvalue weighted by Crippen LogP contribution is 2.32. The monoisotopic (exact) mass is 509 g/mol. The standard InChI is InChI=1S/C15H16BrN3O2S.HI/c16-14-6-10(9-22-14)8-18-15(17)19-11-2-3-12-13(7-11)21-5-1-4-20-12;/h2-3,6-7,9H,1,4-5,8H2,(H3,17,18,19);1H. The minimum atomic E-state index is 0. The second-order valence-corrected chi connectivity index (χ2v) is 7.09. The summed E-state index contributed by atoms with van der Waals surface area (Å²) in [5.74, 6) is 1.87. The number of benzene rings is 1. The zero-order chi connectivity index (χ0) is 15.4. The number of rotatable bonds is 3. The van der Waals surface area contributed by atoms with Crippen molar-refractivity contribution >= 4 is 62.9 Å². The van der Waals surface area contributed by atoms with Gasteiger partial charge in [-0.1, -0.05) is 0 Å². The smallest absolute Gasteiger partial charge is 0.193 e. The Balaban J connectivity index is 0.00000192. The van der Waals surface area contributed by atoms with E-state index in [4.69, 9.17) is 15.2 Å². The van der Waals surface area contributed by atoms with Gasteiger partial charge in [0.2, 0.25) is 0 Å². The predicted molar refractivity (Wildman–Crippen MR) is 108 cm³/mol. The summed E-state index contributed by atoms with van der Waals surface area (Å²) in [5, 5.41) is 5.12. The maximum absolute atomic E-state index is 5.93. The maximum atomic E-state index is 5.93. The van der Waals surface area contributed by atoms with E-state index in [2.05, 4.69) is 31.6 Å². The van der Waals surface area contributed by atoms with Crippen LogP contribution in [0.1, 0.15) is 12.0 Å². The van der Waals surface area contributed by atoms with Crippen LogP contribution in [-0.4, -0.2) is 19.2 Å². The molecule has 0 aliphatic carbocycles. The lowest BCUT2D eigenvalue weighted by Crippen LogP contribution is -2.22. The Labute approximate surface area is 164 Å². The quantitative estimate of drug-likeness (QED) is 0.369. The minimum Gasteiger partial charge on any atom is -0.490 e. The Morgan fingerprint density at radius 1 is 1.26 bits per heavy atom. The first-order valence-electron chi connectivity index (χ1n) is 6.90. The van der Waals surface area contributed by atoms with Crippen LogP contribution >= 0.6 is 51.2 Å². The highest BCUT2D eigenvalue weighted by molar-refractivity contribution is 14.0. The summed E-state index contributed by atoms with van der Waals surface area (Å²) in [4.78, 5) is 4.33. The molecular weight excluding hydrogens is 493 g/mol. The average molecular weight is 510 g/mol. The lowest BCUT2D eigenvalue weighted by Gasteiger charge is -2.10. The van der Waals surface area contributed by atoms with Gasteiger partial charge in [0.15, 0.2) is 17.5 Å². The fourth-order valence-corrected chi connectivity index (χ4v) is 3.23. The molecule has 1 aromatic heterocycles. The van der Waals surface area contributed by atoms with E-state index in [0.29, 0.717) is 25.7 Å². The number of hydrogen-bond donors (Lipinski definition) is 2. The Kier molecular flexibility index (Phi) is 6.97. The van der Waals surface area contributed by atoms with E-state index in [0.717, 1.165) is 33.0 Å². The number of nitrogens with zero attached hydrogens (tertiary/aromatic N) is 1. The van der Waals surface area contributed by atoms with Crippen molar-refractivity contribution in [2.45, 2.75) is 13.0 Å². The topological polar surface area (TPSA) is 68.9 Å². The van der Waals surface area contributed by atoms with Gasteiger partial charge in [-0.3, -0.25) is 0 Å². The zero-order valence-corrected chi connectivity index (χ0v) is 17.0. The SMILES string of the molecule is I.NC(=NCc1csc(Br)c1)Nc1ccc2c(c1)OCCCO2. The van der Waals surface area contributed by atoms with Gasteiger partial charge in [-0.15, -0.1) is 35.3 Å². The van der Waals surface area contributed by atoms with Gasteiger partial charge in [-0.05, 0) is 45.1 Å². The molecule has 0 unspecified atom stereocenters. The molecule has 124 valence electrons. The summed E-state index contributed by atoms with van der Waals surface area (Å²) >= 11 is 5.06. The third-order valence-corrected chi connectivity index (χ3v) is 4.63. The van der Waals surface area contributed by atoms with Gasteiger partial charge in [-0.2, -0.15) is 0 Å². The van der Waals surface area contributed by atoms with Crippen LogP contribution < -0.4 is 20.5 Å². The molecule has 1 aliphatic heterocycles. The first-order valence-corrected chi connectivity index (χ1v) is 8.57. The first kappa shape index (κ1) is 18.3. The van der Waals surface area contributed by atoms with E-state index in [-0.39, 0.29) is 24.0 Å². The number of hydrogen-bond acceptors (Lipinski definition) is 4. The zero-order valence-electron chi connectivity index (χ0n) is 12.3. The molecule has 0 saturated carbocycles. The molecule has 0 bridgehead atoms. The molecule has 23 heavy (non-hydrogen) atoms. The summed E-state index contributed by atoms with van der Waals surface area (Å²) in [7, 11) is 0. The Bertz CT molecular complexity index is 693. The van der Waals surface area contributed by atoms with Crippen LogP contribution in [0.5, 0.6) is 11.5 Å². The average Bonchev–Trinajstić information content (AvgIpc) is 2.78. The molecule has 2 aromatic rings. The van der Waals surface area contributed by atoms with E-state index in [1.54, 1.807) is 11.3 Å². The van der Waals surface area contributed by atoms with Gasteiger partial charge in [0.05, 0.1) is 23.5 Å². The lowest BCUT2D eigenvalue weighted by atomic mass is 10.3. The van der Waals surface area contributed by atoms with E-state index in [1.807, 2.05) is 24.3 Å². The lowest BCUT2D eigenvalue weighted by molar-refractivity contribution is 0.297. The molecule has 1 aliphatic rings. The molecule has 0 spiro atoms. The molecule has 0 atom stereocenters. The third-order valence-electron chi connectivity index (χ3n) is 3.07. The molecule has 0 saturated heterocycles. The maximum Gasteiger partial charge on any atom is 0.193 e. The number of nitrogens with two attached hydrogens (primary N) is 1. The summed E-state index contributed by atoms with van der Waals surface area (Å²) < 4.78 is 12.3. The summed E-state index contributed by atoms with van der Waals surface area (Å²) in [6, 6.07) is 7.70. The fourth-order valence-electron chi connectivity index (χ4n) is 2.03. The van der Waals surface area contributed by atoms with Crippen LogP contribution in [0.4, 0.5) is 5.69 Å². The Morgan fingerprint density at radius 2 is 2.04 bits per heavy atom. The number of thiophene rings is 1. The molecule has 3 N–H and O–H groups in total. The van der Waals surface area contributed by atoms with E-state index < -0.39 is 0 Å². The second-order valence-electron chi connectivity index (χ2n) is 4.80. The van der Waals surface area contributed by atoms with E-state index in [9.17, 15) is 0 Å². The Hall–Kier alpha value is -1.00. The number of nitrogens with one attached hydrogen (secondary N) is 1. The first-order chi connectivity index (χ1) is 10.7. The van der Waals surface area contributed by atoms with Crippen LogP contribution in [0.2, 0.25) is 0 Å². The van der Waals surface area contributed by atoms with Gasteiger partial charge in [-0.25, -0.2) is 4.99 Å². The van der Waals surface area contributed by atoms with Crippen molar-refractivity contribution in [1.29, 1.82) is 0 Å². The van der Waals surface area contributed by atoms with Crippen LogP contribution in [0.15, 0.2) is 38.4 Å². The number of fused-ring (bicyclic) bond motifs is 1. The molecule has 5 nitrogen and oxygen atoms in total. The summed E-state index contributed by atoms with van der Waals surface area (Å²) in [6.07, 6.45) is 0.886. The molecule has 1 aromatic carbocycles. The summed E-state index contributed by atoms with van der Waals surface area (Å²) in [5.41, 5.74) is 7.88. The molecule has 2 heterocycles. The van der Waals surface area contributed by atoms with Gasteiger partial charge in [0.25, 0.3) is 0 Å². The second kappa shape index (κ2) is 8.74. The number of guanidine groups is 1. The van der Waals surface area contributed by atoms with Crippen molar-refractivity contribution in [1.82, 2.24) is 0 Å². The molecule has 3 rings (SSSR count). The molecule has 0 radical (unpaired) electrons. The largest absolute Gasteiger partial charge is 0.490 e. The highest BCUT2D eigenvalue weighted by atomic mass is 127. The molecular formula is C15H17BrIN3O2S. The van der Waals surface area contributed by atoms with Crippen molar-refractivity contribution in [2.24, 2.45) is 10.7 Å². The van der Waals surface area contributed by atoms with Gasteiger partial charge in [0.1, 0.15) is 0 Å².